The number of hydrogen-bond acceptors (Lipinski definition) is 3. The summed E-state index contributed by atoms with van der Waals surface area (Å²) in [5.74, 6) is 0.368. The molecular formula is C14H27NO2. The molecule has 0 aromatic rings. The zero-order valence-corrected chi connectivity index (χ0v) is 11.1. The zero-order chi connectivity index (χ0) is 12.1. The van der Waals surface area contributed by atoms with Crippen LogP contribution in [0.3, 0.4) is 0 Å². The molecule has 0 bridgehead atoms. The van der Waals surface area contributed by atoms with Crippen LogP contribution in [0.5, 0.6) is 0 Å². The Hall–Kier alpha value is -0.120. The van der Waals surface area contributed by atoms with Gasteiger partial charge in [-0.2, -0.15) is 0 Å². The van der Waals surface area contributed by atoms with Gasteiger partial charge in [0.25, 0.3) is 0 Å². The predicted octanol–water partition coefficient (Wildman–Crippen LogP) is 2.04. The van der Waals surface area contributed by atoms with Crippen LogP contribution in [-0.4, -0.2) is 48.5 Å². The van der Waals surface area contributed by atoms with Gasteiger partial charge in [0, 0.05) is 25.1 Å². The second-order valence-corrected chi connectivity index (χ2v) is 5.57. The first-order valence-electron chi connectivity index (χ1n) is 7.31. The molecule has 1 saturated heterocycles. The smallest absolute Gasteiger partial charge is 0.0718 e. The highest BCUT2D eigenvalue weighted by Crippen LogP contribution is 2.24. The summed E-state index contributed by atoms with van der Waals surface area (Å²) in [6, 6.07) is 0.714. The molecule has 2 fully saturated rings. The molecule has 2 aliphatic rings. The Morgan fingerprint density at radius 2 is 2.00 bits per heavy atom. The summed E-state index contributed by atoms with van der Waals surface area (Å²) in [5.41, 5.74) is 0. The normalized spacial score (nSPS) is 28.8. The molecule has 2 unspecified atom stereocenters. The second kappa shape index (κ2) is 6.72. The summed E-state index contributed by atoms with van der Waals surface area (Å²) >= 11 is 0. The van der Waals surface area contributed by atoms with Gasteiger partial charge in [0.15, 0.2) is 0 Å². The highest BCUT2D eigenvalue weighted by atomic mass is 16.5. The van der Waals surface area contributed by atoms with Crippen LogP contribution in [0.2, 0.25) is 0 Å². The predicted molar refractivity (Wildman–Crippen MR) is 69.1 cm³/mol. The Kier molecular flexibility index (Phi) is 5.26. The van der Waals surface area contributed by atoms with E-state index in [1.165, 1.54) is 32.1 Å². The van der Waals surface area contributed by atoms with Crippen LogP contribution in [0.25, 0.3) is 0 Å². The Morgan fingerprint density at radius 3 is 2.59 bits per heavy atom. The summed E-state index contributed by atoms with van der Waals surface area (Å²) < 4.78 is 5.36. The molecule has 0 amide bonds. The Labute approximate surface area is 105 Å². The van der Waals surface area contributed by atoms with Gasteiger partial charge in [0.05, 0.1) is 12.7 Å². The summed E-state index contributed by atoms with van der Waals surface area (Å²) in [4.78, 5) is 2.49. The maximum absolute atomic E-state index is 10.3. The van der Waals surface area contributed by atoms with Gasteiger partial charge in [-0.05, 0) is 25.8 Å². The highest BCUT2D eigenvalue weighted by molar-refractivity contribution is 4.80. The Balaban J connectivity index is 1.80. The molecule has 100 valence electrons. The van der Waals surface area contributed by atoms with Gasteiger partial charge in [-0.1, -0.05) is 26.2 Å². The van der Waals surface area contributed by atoms with Crippen molar-refractivity contribution in [2.45, 2.75) is 57.6 Å². The van der Waals surface area contributed by atoms with E-state index in [2.05, 4.69) is 11.8 Å². The average Bonchev–Trinajstić information content (AvgIpc) is 2.90. The lowest BCUT2D eigenvalue weighted by molar-refractivity contribution is 0.0360. The van der Waals surface area contributed by atoms with E-state index in [4.69, 9.17) is 4.74 Å². The molecule has 1 aliphatic carbocycles. The van der Waals surface area contributed by atoms with Crippen LogP contribution in [0.15, 0.2) is 0 Å². The lowest BCUT2D eigenvalue weighted by Gasteiger charge is -2.35. The van der Waals surface area contributed by atoms with Crippen molar-refractivity contribution in [3.8, 4) is 0 Å². The van der Waals surface area contributed by atoms with Crippen LogP contribution in [0.1, 0.15) is 45.4 Å². The van der Waals surface area contributed by atoms with E-state index in [0.29, 0.717) is 12.0 Å². The number of ether oxygens (including phenoxy) is 1. The monoisotopic (exact) mass is 241 g/mol. The van der Waals surface area contributed by atoms with Gasteiger partial charge in [-0.3, -0.25) is 4.90 Å². The van der Waals surface area contributed by atoms with E-state index < -0.39 is 0 Å². The Morgan fingerprint density at radius 1 is 1.24 bits per heavy atom. The molecule has 0 aromatic heterocycles. The number of nitrogens with zero attached hydrogens (tertiary/aromatic N) is 1. The van der Waals surface area contributed by atoms with Crippen LogP contribution < -0.4 is 0 Å². The van der Waals surface area contributed by atoms with E-state index in [1.54, 1.807) is 0 Å². The third-order valence-corrected chi connectivity index (χ3v) is 4.43. The standard InChI is InChI=1S/C14H27NO2/c1-2-15(13-6-4-3-5-7-13)10-14(16)12-8-9-17-11-12/h12-14,16H,2-11H2,1H3. The molecule has 1 aliphatic heterocycles. The highest BCUT2D eigenvalue weighted by Gasteiger charge is 2.28. The SMILES string of the molecule is CCN(CC(O)C1CCOC1)C1CCCCC1. The minimum atomic E-state index is -0.195. The van der Waals surface area contributed by atoms with E-state index in [9.17, 15) is 5.11 Å². The van der Waals surface area contributed by atoms with Crippen LogP contribution in [0, 0.1) is 5.92 Å². The molecular weight excluding hydrogens is 214 g/mol. The van der Waals surface area contributed by atoms with Gasteiger partial charge < -0.3 is 9.84 Å². The Bertz CT molecular complexity index is 210. The average molecular weight is 241 g/mol. The molecule has 3 heteroatoms. The minimum Gasteiger partial charge on any atom is -0.391 e. The molecule has 0 spiro atoms. The second-order valence-electron chi connectivity index (χ2n) is 5.57. The van der Waals surface area contributed by atoms with Crippen LogP contribution >= 0.6 is 0 Å². The molecule has 2 rings (SSSR count). The van der Waals surface area contributed by atoms with E-state index >= 15 is 0 Å². The molecule has 0 aromatic carbocycles. The fraction of sp³-hybridized carbons (Fsp3) is 1.00. The van der Waals surface area contributed by atoms with Gasteiger partial charge >= 0.3 is 0 Å². The number of hydrogen-bond donors (Lipinski definition) is 1. The van der Waals surface area contributed by atoms with Crippen LogP contribution in [-0.2, 0) is 4.74 Å². The quantitative estimate of drug-likeness (QED) is 0.799. The van der Waals surface area contributed by atoms with Gasteiger partial charge in [0.2, 0.25) is 0 Å². The molecule has 1 N–H and O–H groups in total. The van der Waals surface area contributed by atoms with Gasteiger partial charge in [0.1, 0.15) is 0 Å². The minimum absolute atomic E-state index is 0.195. The van der Waals surface area contributed by atoms with Crippen molar-refractivity contribution in [2.75, 3.05) is 26.3 Å². The number of likely N-dealkylation sites (N-methyl/N-ethyl adjacent to an activating group) is 1. The summed E-state index contributed by atoms with van der Waals surface area (Å²) in [5, 5.41) is 10.3. The molecule has 2 atom stereocenters. The van der Waals surface area contributed by atoms with E-state index in [1.807, 2.05) is 0 Å². The third kappa shape index (κ3) is 3.67. The van der Waals surface area contributed by atoms with E-state index in [0.717, 1.165) is 32.7 Å². The first-order valence-corrected chi connectivity index (χ1v) is 7.31. The molecule has 17 heavy (non-hydrogen) atoms. The summed E-state index contributed by atoms with van der Waals surface area (Å²) in [7, 11) is 0. The topological polar surface area (TPSA) is 32.7 Å². The maximum Gasteiger partial charge on any atom is 0.0718 e. The van der Waals surface area contributed by atoms with E-state index in [-0.39, 0.29) is 6.10 Å². The van der Waals surface area contributed by atoms with Gasteiger partial charge in [-0.25, -0.2) is 0 Å². The number of aliphatic hydroxyl groups excluding tert-OH is 1. The summed E-state index contributed by atoms with van der Waals surface area (Å²) in [6.07, 6.45) is 7.60. The fourth-order valence-electron chi connectivity index (χ4n) is 3.23. The van der Waals surface area contributed by atoms with Crippen molar-refractivity contribution >= 4 is 0 Å². The van der Waals surface area contributed by atoms with Crippen molar-refractivity contribution in [1.82, 2.24) is 4.90 Å². The summed E-state index contributed by atoms with van der Waals surface area (Å²) in [6.45, 7) is 5.71. The van der Waals surface area contributed by atoms with Crippen molar-refractivity contribution in [2.24, 2.45) is 5.92 Å². The molecule has 0 radical (unpaired) electrons. The lowest BCUT2D eigenvalue weighted by Crippen LogP contribution is -2.43. The molecule has 1 saturated carbocycles. The molecule has 3 nitrogen and oxygen atoms in total. The first kappa shape index (κ1) is 13.3. The largest absolute Gasteiger partial charge is 0.391 e. The van der Waals surface area contributed by atoms with Crippen LogP contribution in [0.4, 0.5) is 0 Å². The lowest BCUT2D eigenvalue weighted by atomic mass is 9.93. The fourth-order valence-corrected chi connectivity index (χ4v) is 3.23. The van der Waals surface area contributed by atoms with Crippen molar-refractivity contribution in [3.05, 3.63) is 0 Å². The van der Waals surface area contributed by atoms with Crippen molar-refractivity contribution in [1.29, 1.82) is 0 Å². The van der Waals surface area contributed by atoms with Crippen molar-refractivity contribution in [3.63, 3.8) is 0 Å². The molecule has 1 heterocycles. The maximum atomic E-state index is 10.3. The number of rotatable bonds is 5. The number of aliphatic hydroxyl groups is 1. The van der Waals surface area contributed by atoms with Crippen molar-refractivity contribution < 1.29 is 9.84 Å². The van der Waals surface area contributed by atoms with Gasteiger partial charge in [-0.15, -0.1) is 0 Å². The zero-order valence-electron chi connectivity index (χ0n) is 11.1. The third-order valence-electron chi connectivity index (χ3n) is 4.43. The first-order chi connectivity index (χ1) is 8.31.